The summed E-state index contributed by atoms with van der Waals surface area (Å²) in [7, 11) is 1.80. The molecule has 4 heteroatoms. The Balaban J connectivity index is 2.92. The first-order valence-electron chi connectivity index (χ1n) is 7.73. The average Bonchev–Trinajstić information content (AvgIpc) is 2.47. The maximum absolute atomic E-state index is 12.1. The van der Waals surface area contributed by atoms with Crippen LogP contribution in [0.25, 0.3) is 0 Å². The standard InChI is InChI=1S/C17H29N3O/c1-5-20(13-14(2)3)12-11-17(19-4,16(18)21)15-9-7-6-8-10-15/h6-10,14,19H,5,11-13H2,1-4H3,(H2,18,21). The summed E-state index contributed by atoms with van der Waals surface area (Å²) < 4.78 is 0. The molecule has 4 nitrogen and oxygen atoms in total. The smallest absolute Gasteiger partial charge is 0.242 e. The third-order valence-electron chi connectivity index (χ3n) is 3.99. The van der Waals surface area contributed by atoms with Gasteiger partial charge in [0.05, 0.1) is 0 Å². The van der Waals surface area contributed by atoms with Crippen molar-refractivity contribution >= 4 is 5.91 Å². The molecule has 118 valence electrons. The number of nitrogens with zero attached hydrogens (tertiary/aromatic N) is 1. The van der Waals surface area contributed by atoms with E-state index in [1.54, 1.807) is 7.05 Å². The van der Waals surface area contributed by atoms with Gasteiger partial charge in [-0.3, -0.25) is 4.79 Å². The van der Waals surface area contributed by atoms with E-state index < -0.39 is 5.54 Å². The molecule has 0 heterocycles. The van der Waals surface area contributed by atoms with Crippen LogP contribution >= 0.6 is 0 Å². The molecule has 1 aromatic carbocycles. The third kappa shape index (κ3) is 4.55. The first-order valence-corrected chi connectivity index (χ1v) is 7.73. The van der Waals surface area contributed by atoms with Gasteiger partial charge in [0.1, 0.15) is 5.54 Å². The third-order valence-corrected chi connectivity index (χ3v) is 3.99. The van der Waals surface area contributed by atoms with E-state index in [1.807, 2.05) is 30.3 Å². The molecule has 0 radical (unpaired) electrons. The second-order valence-corrected chi connectivity index (χ2v) is 5.92. The molecular formula is C17H29N3O. The van der Waals surface area contributed by atoms with Crippen LogP contribution in [0.15, 0.2) is 30.3 Å². The first-order chi connectivity index (χ1) is 9.96. The van der Waals surface area contributed by atoms with Crippen molar-refractivity contribution in [3.05, 3.63) is 35.9 Å². The molecule has 0 saturated heterocycles. The van der Waals surface area contributed by atoms with E-state index in [2.05, 4.69) is 31.0 Å². The van der Waals surface area contributed by atoms with Gasteiger partial charge in [-0.1, -0.05) is 51.1 Å². The van der Waals surface area contributed by atoms with Crippen LogP contribution in [0.5, 0.6) is 0 Å². The molecule has 0 saturated carbocycles. The molecule has 0 spiro atoms. The van der Waals surface area contributed by atoms with Crippen LogP contribution in [0, 0.1) is 5.92 Å². The maximum atomic E-state index is 12.1. The van der Waals surface area contributed by atoms with E-state index in [1.165, 1.54) is 0 Å². The van der Waals surface area contributed by atoms with Gasteiger partial charge in [0, 0.05) is 13.1 Å². The molecule has 1 atom stereocenters. The summed E-state index contributed by atoms with van der Waals surface area (Å²) in [5.74, 6) is 0.288. The van der Waals surface area contributed by atoms with Crippen LogP contribution in [-0.4, -0.2) is 37.5 Å². The van der Waals surface area contributed by atoms with Crippen molar-refractivity contribution in [2.24, 2.45) is 11.7 Å². The molecule has 0 fully saturated rings. The number of carbonyl (C=O) groups is 1. The van der Waals surface area contributed by atoms with Gasteiger partial charge in [0.25, 0.3) is 0 Å². The number of rotatable bonds is 9. The fourth-order valence-electron chi connectivity index (χ4n) is 2.75. The number of benzene rings is 1. The molecule has 0 aromatic heterocycles. The molecule has 0 aliphatic rings. The Kier molecular flexibility index (Phi) is 6.85. The van der Waals surface area contributed by atoms with E-state index >= 15 is 0 Å². The molecule has 0 bridgehead atoms. The second kappa shape index (κ2) is 8.15. The van der Waals surface area contributed by atoms with E-state index in [0.29, 0.717) is 12.3 Å². The van der Waals surface area contributed by atoms with Crippen molar-refractivity contribution < 1.29 is 4.79 Å². The largest absolute Gasteiger partial charge is 0.368 e. The highest BCUT2D eigenvalue weighted by Gasteiger charge is 2.36. The average molecular weight is 291 g/mol. The van der Waals surface area contributed by atoms with Crippen LogP contribution in [0.4, 0.5) is 0 Å². The van der Waals surface area contributed by atoms with Crippen molar-refractivity contribution in [2.75, 3.05) is 26.7 Å². The van der Waals surface area contributed by atoms with E-state index in [0.717, 1.165) is 25.2 Å². The van der Waals surface area contributed by atoms with Gasteiger partial charge in [-0.05, 0) is 31.5 Å². The number of amides is 1. The van der Waals surface area contributed by atoms with Crippen molar-refractivity contribution in [1.82, 2.24) is 10.2 Å². The summed E-state index contributed by atoms with van der Waals surface area (Å²) >= 11 is 0. The van der Waals surface area contributed by atoms with E-state index in [4.69, 9.17) is 5.73 Å². The lowest BCUT2D eigenvalue weighted by Crippen LogP contribution is -2.53. The number of likely N-dealkylation sites (N-methyl/N-ethyl adjacent to an activating group) is 1. The summed E-state index contributed by atoms with van der Waals surface area (Å²) in [4.78, 5) is 14.5. The minimum Gasteiger partial charge on any atom is -0.368 e. The van der Waals surface area contributed by atoms with Gasteiger partial charge in [-0.2, -0.15) is 0 Å². The number of nitrogens with one attached hydrogen (secondary N) is 1. The Morgan fingerprint density at radius 2 is 1.95 bits per heavy atom. The molecule has 1 rings (SSSR count). The Labute approximate surface area is 128 Å². The molecular weight excluding hydrogens is 262 g/mol. The fourth-order valence-corrected chi connectivity index (χ4v) is 2.75. The molecule has 1 amide bonds. The SMILES string of the molecule is CCN(CCC(NC)(C(N)=O)c1ccccc1)CC(C)C. The van der Waals surface area contributed by atoms with Crippen molar-refractivity contribution in [1.29, 1.82) is 0 Å². The fraction of sp³-hybridized carbons (Fsp3) is 0.588. The van der Waals surface area contributed by atoms with Crippen LogP contribution in [-0.2, 0) is 10.3 Å². The predicted molar refractivity (Wildman–Crippen MR) is 87.9 cm³/mol. The summed E-state index contributed by atoms with van der Waals surface area (Å²) in [6, 6.07) is 9.74. The summed E-state index contributed by atoms with van der Waals surface area (Å²) in [6.45, 7) is 9.41. The number of hydrogen-bond acceptors (Lipinski definition) is 3. The number of primary amides is 1. The molecule has 1 aromatic rings. The molecule has 3 N–H and O–H groups in total. The minimum atomic E-state index is -0.800. The topological polar surface area (TPSA) is 58.4 Å². The van der Waals surface area contributed by atoms with Crippen LogP contribution in [0.3, 0.4) is 0 Å². The molecule has 1 unspecified atom stereocenters. The van der Waals surface area contributed by atoms with Crippen molar-refractivity contribution in [3.63, 3.8) is 0 Å². The van der Waals surface area contributed by atoms with Crippen LogP contribution < -0.4 is 11.1 Å². The Morgan fingerprint density at radius 1 is 1.33 bits per heavy atom. The lowest BCUT2D eigenvalue weighted by molar-refractivity contribution is -0.125. The zero-order chi connectivity index (χ0) is 15.9. The maximum Gasteiger partial charge on any atom is 0.242 e. The Morgan fingerprint density at radius 3 is 2.38 bits per heavy atom. The van der Waals surface area contributed by atoms with Crippen LogP contribution in [0.2, 0.25) is 0 Å². The number of nitrogens with two attached hydrogens (primary N) is 1. The highest BCUT2D eigenvalue weighted by atomic mass is 16.1. The van der Waals surface area contributed by atoms with E-state index in [9.17, 15) is 4.79 Å². The Bertz CT molecular complexity index is 433. The normalized spacial score (nSPS) is 14.4. The zero-order valence-corrected chi connectivity index (χ0v) is 13.7. The lowest BCUT2D eigenvalue weighted by atomic mass is 9.85. The lowest BCUT2D eigenvalue weighted by Gasteiger charge is -2.33. The van der Waals surface area contributed by atoms with Gasteiger partial charge in [-0.25, -0.2) is 0 Å². The number of hydrogen-bond donors (Lipinski definition) is 2. The summed E-state index contributed by atoms with van der Waals surface area (Å²) in [5, 5.41) is 3.16. The highest BCUT2D eigenvalue weighted by molar-refractivity contribution is 5.86. The van der Waals surface area contributed by atoms with E-state index in [-0.39, 0.29) is 5.91 Å². The highest BCUT2D eigenvalue weighted by Crippen LogP contribution is 2.25. The zero-order valence-electron chi connectivity index (χ0n) is 13.7. The predicted octanol–water partition coefficient (Wildman–Crippen LogP) is 1.95. The first kappa shape index (κ1) is 17.7. The van der Waals surface area contributed by atoms with Gasteiger partial charge in [0.15, 0.2) is 0 Å². The number of carbonyl (C=O) groups excluding carboxylic acids is 1. The summed E-state index contributed by atoms with van der Waals surface area (Å²) in [6.07, 6.45) is 0.670. The van der Waals surface area contributed by atoms with Gasteiger partial charge in [0.2, 0.25) is 5.91 Å². The molecule has 0 aliphatic heterocycles. The van der Waals surface area contributed by atoms with Crippen LogP contribution in [0.1, 0.15) is 32.8 Å². The minimum absolute atomic E-state index is 0.322. The van der Waals surface area contributed by atoms with Crippen molar-refractivity contribution in [2.45, 2.75) is 32.7 Å². The Hall–Kier alpha value is -1.39. The summed E-state index contributed by atoms with van der Waals surface area (Å²) in [5.41, 5.74) is 5.85. The molecule has 0 aliphatic carbocycles. The molecule has 21 heavy (non-hydrogen) atoms. The quantitative estimate of drug-likeness (QED) is 0.731. The monoisotopic (exact) mass is 291 g/mol. The van der Waals surface area contributed by atoms with Crippen molar-refractivity contribution in [3.8, 4) is 0 Å². The second-order valence-electron chi connectivity index (χ2n) is 5.92. The van der Waals surface area contributed by atoms with Gasteiger partial charge in [-0.15, -0.1) is 0 Å². The van der Waals surface area contributed by atoms with Gasteiger partial charge >= 0.3 is 0 Å². The van der Waals surface area contributed by atoms with Gasteiger partial charge < -0.3 is 16.0 Å².